The molecule has 1 fully saturated rings. The third kappa shape index (κ3) is 3.01. The van der Waals surface area contributed by atoms with Gasteiger partial charge in [-0.25, -0.2) is 0 Å². The van der Waals surface area contributed by atoms with Crippen LogP contribution in [-0.2, 0) is 6.54 Å². The van der Waals surface area contributed by atoms with E-state index in [0.717, 1.165) is 48.8 Å². The standard InChI is InChI=1S/C18H20N4/c1-4-16(12-19-8-1)18-15(3-2-9-20-18)11-17-7-10-22(21-17)13-14-5-6-14/h1,4,7-8,10-12,14H,2-3,5-6,9,13H2/b15-11+. The fourth-order valence-electron chi connectivity index (χ4n) is 2.90. The highest BCUT2D eigenvalue weighted by Gasteiger charge is 2.22. The van der Waals surface area contributed by atoms with Crippen molar-refractivity contribution in [3.05, 3.63) is 53.6 Å². The van der Waals surface area contributed by atoms with E-state index in [1.54, 1.807) is 6.20 Å². The van der Waals surface area contributed by atoms with Gasteiger partial charge in [0.1, 0.15) is 0 Å². The molecular weight excluding hydrogens is 272 g/mol. The maximum atomic E-state index is 4.72. The van der Waals surface area contributed by atoms with E-state index >= 15 is 0 Å². The Morgan fingerprint density at radius 1 is 1.27 bits per heavy atom. The molecule has 0 radical (unpaired) electrons. The summed E-state index contributed by atoms with van der Waals surface area (Å²) in [5.41, 5.74) is 4.49. The second kappa shape index (κ2) is 5.87. The van der Waals surface area contributed by atoms with Crippen LogP contribution in [0, 0.1) is 5.92 Å². The summed E-state index contributed by atoms with van der Waals surface area (Å²) < 4.78 is 2.08. The van der Waals surface area contributed by atoms with Crippen LogP contribution < -0.4 is 0 Å². The topological polar surface area (TPSA) is 43.1 Å². The Morgan fingerprint density at radius 2 is 2.23 bits per heavy atom. The molecule has 2 aromatic heterocycles. The average molecular weight is 292 g/mol. The van der Waals surface area contributed by atoms with Gasteiger partial charge in [-0.3, -0.25) is 14.7 Å². The molecule has 1 aliphatic heterocycles. The normalized spacial score (nSPS) is 20.2. The Bertz CT molecular complexity index is 708. The van der Waals surface area contributed by atoms with Crippen molar-refractivity contribution in [3.63, 3.8) is 0 Å². The molecule has 1 saturated carbocycles. The largest absolute Gasteiger partial charge is 0.284 e. The highest BCUT2D eigenvalue weighted by molar-refractivity contribution is 6.15. The second-order valence-corrected chi connectivity index (χ2v) is 6.15. The highest BCUT2D eigenvalue weighted by Crippen LogP contribution is 2.30. The summed E-state index contributed by atoms with van der Waals surface area (Å²) in [6.07, 6.45) is 12.9. The van der Waals surface area contributed by atoms with Crippen molar-refractivity contribution in [1.82, 2.24) is 14.8 Å². The molecule has 112 valence electrons. The molecule has 0 amide bonds. The molecular formula is C18H20N4. The number of allylic oxidation sites excluding steroid dienone is 1. The smallest absolute Gasteiger partial charge is 0.0854 e. The van der Waals surface area contributed by atoms with Gasteiger partial charge in [-0.2, -0.15) is 5.10 Å². The van der Waals surface area contributed by atoms with Crippen LogP contribution in [0.25, 0.3) is 6.08 Å². The first-order chi connectivity index (χ1) is 10.9. The number of pyridine rings is 1. The first kappa shape index (κ1) is 13.4. The van der Waals surface area contributed by atoms with Crippen LogP contribution in [0.1, 0.15) is 36.9 Å². The van der Waals surface area contributed by atoms with E-state index in [1.165, 1.54) is 18.4 Å². The minimum absolute atomic E-state index is 0.850. The summed E-state index contributed by atoms with van der Waals surface area (Å²) in [6.45, 7) is 1.96. The van der Waals surface area contributed by atoms with Crippen molar-refractivity contribution < 1.29 is 0 Å². The highest BCUT2D eigenvalue weighted by atomic mass is 15.3. The second-order valence-electron chi connectivity index (χ2n) is 6.15. The number of nitrogens with zero attached hydrogens (tertiary/aromatic N) is 4. The van der Waals surface area contributed by atoms with Gasteiger partial charge in [-0.1, -0.05) is 0 Å². The van der Waals surface area contributed by atoms with Crippen LogP contribution in [0.5, 0.6) is 0 Å². The van der Waals surface area contributed by atoms with Gasteiger partial charge in [0.05, 0.1) is 11.4 Å². The van der Waals surface area contributed by atoms with Crippen LogP contribution in [0.3, 0.4) is 0 Å². The average Bonchev–Trinajstić information content (AvgIpc) is 3.27. The lowest BCUT2D eigenvalue weighted by Crippen LogP contribution is -2.12. The van der Waals surface area contributed by atoms with E-state index in [1.807, 2.05) is 12.3 Å². The van der Waals surface area contributed by atoms with Crippen molar-refractivity contribution in [3.8, 4) is 0 Å². The lowest BCUT2D eigenvalue weighted by molar-refractivity contribution is 0.562. The molecule has 0 bridgehead atoms. The molecule has 0 saturated heterocycles. The van der Waals surface area contributed by atoms with Crippen molar-refractivity contribution in [1.29, 1.82) is 0 Å². The molecule has 2 aliphatic rings. The van der Waals surface area contributed by atoms with Crippen LogP contribution in [0.4, 0.5) is 0 Å². The Balaban J connectivity index is 1.60. The molecule has 4 heteroatoms. The first-order valence-corrected chi connectivity index (χ1v) is 8.08. The SMILES string of the molecule is C(=C1/CCCN=C1c1cccnc1)/c1ccn(CC2CC2)n1. The van der Waals surface area contributed by atoms with E-state index in [0.29, 0.717) is 0 Å². The Labute approximate surface area is 130 Å². The number of aromatic nitrogens is 3. The van der Waals surface area contributed by atoms with Gasteiger partial charge in [0.15, 0.2) is 0 Å². The predicted molar refractivity (Wildman–Crippen MR) is 87.8 cm³/mol. The molecule has 0 atom stereocenters. The van der Waals surface area contributed by atoms with E-state index in [2.05, 4.69) is 39.2 Å². The molecule has 0 N–H and O–H groups in total. The predicted octanol–water partition coefficient (Wildman–Crippen LogP) is 3.35. The molecule has 22 heavy (non-hydrogen) atoms. The van der Waals surface area contributed by atoms with Crippen molar-refractivity contribution in [2.45, 2.75) is 32.2 Å². The maximum Gasteiger partial charge on any atom is 0.0854 e. The van der Waals surface area contributed by atoms with Gasteiger partial charge in [0.25, 0.3) is 0 Å². The molecule has 4 nitrogen and oxygen atoms in total. The van der Waals surface area contributed by atoms with E-state index in [4.69, 9.17) is 4.99 Å². The van der Waals surface area contributed by atoms with Gasteiger partial charge < -0.3 is 0 Å². The molecule has 2 aromatic rings. The fourth-order valence-corrected chi connectivity index (χ4v) is 2.90. The van der Waals surface area contributed by atoms with Crippen molar-refractivity contribution >= 4 is 11.8 Å². The first-order valence-electron chi connectivity index (χ1n) is 8.08. The summed E-state index contributed by atoms with van der Waals surface area (Å²) in [6, 6.07) is 6.15. The van der Waals surface area contributed by atoms with E-state index < -0.39 is 0 Å². The fraction of sp³-hybridized carbons (Fsp3) is 0.389. The minimum Gasteiger partial charge on any atom is -0.284 e. The maximum absolute atomic E-state index is 4.72. The molecule has 1 aliphatic carbocycles. The molecule has 3 heterocycles. The zero-order valence-corrected chi connectivity index (χ0v) is 12.7. The van der Waals surface area contributed by atoms with Gasteiger partial charge in [0.2, 0.25) is 0 Å². The summed E-state index contributed by atoms with van der Waals surface area (Å²) in [5.74, 6) is 0.850. The third-order valence-electron chi connectivity index (χ3n) is 4.24. The quantitative estimate of drug-likeness (QED) is 0.867. The van der Waals surface area contributed by atoms with E-state index in [9.17, 15) is 0 Å². The summed E-state index contributed by atoms with van der Waals surface area (Å²) in [7, 11) is 0. The molecule has 0 unspecified atom stereocenters. The monoisotopic (exact) mass is 292 g/mol. The Morgan fingerprint density at radius 3 is 3.05 bits per heavy atom. The van der Waals surface area contributed by atoms with Gasteiger partial charge >= 0.3 is 0 Å². The molecule has 0 aromatic carbocycles. The van der Waals surface area contributed by atoms with Crippen LogP contribution in [0.15, 0.2) is 47.4 Å². The third-order valence-corrected chi connectivity index (χ3v) is 4.24. The van der Waals surface area contributed by atoms with Gasteiger partial charge in [-0.15, -0.1) is 0 Å². The molecule has 0 spiro atoms. The number of hydrogen-bond donors (Lipinski definition) is 0. The summed E-state index contributed by atoms with van der Waals surface area (Å²) in [4.78, 5) is 8.93. The summed E-state index contributed by atoms with van der Waals surface area (Å²) in [5, 5.41) is 4.68. The van der Waals surface area contributed by atoms with E-state index in [-0.39, 0.29) is 0 Å². The zero-order valence-electron chi connectivity index (χ0n) is 12.7. The number of aliphatic imine (C=N–C) groups is 1. The van der Waals surface area contributed by atoms with Crippen LogP contribution >= 0.6 is 0 Å². The Kier molecular flexibility index (Phi) is 3.59. The van der Waals surface area contributed by atoms with Gasteiger partial charge in [-0.05, 0) is 61.4 Å². The number of hydrogen-bond acceptors (Lipinski definition) is 3. The Hall–Kier alpha value is -2.23. The minimum atomic E-state index is 0.850. The van der Waals surface area contributed by atoms with Gasteiger partial charge in [0, 0.05) is 37.2 Å². The van der Waals surface area contributed by atoms with Crippen LogP contribution in [-0.4, -0.2) is 27.0 Å². The van der Waals surface area contributed by atoms with Crippen molar-refractivity contribution in [2.75, 3.05) is 6.54 Å². The van der Waals surface area contributed by atoms with Crippen molar-refractivity contribution in [2.24, 2.45) is 10.9 Å². The lowest BCUT2D eigenvalue weighted by Gasteiger charge is -2.15. The van der Waals surface area contributed by atoms with Crippen LogP contribution in [0.2, 0.25) is 0 Å². The number of rotatable bonds is 4. The lowest BCUT2D eigenvalue weighted by atomic mass is 9.96. The molecule has 4 rings (SSSR count). The zero-order chi connectivity index (χ0) is 14.8. The summed E-state index contributed by atoms with van der Waals surface area (Å²) >= 11 is 0.